The molecular weight excluding hydrogens is 218 g/mol. The smallest absolute Gasteiger partial charge is 0.0898 e. The van der Waals surface area contributed by atoms with E-state index in [0.717, 1.165) is 17.2 Å². The van der Waals surface area contributed by atoms with Gasteiger partial charge >= 0.3 is 0 Å². The molecule has 1 unspecified atom stereocenters. The van der Waals surface area contributed by atoms with Crippen LogP contribution in [-0.2, 0) is 6.54 Å². The zero-order chi connectivity index (χ0) is 11.5. The van der Waals surface area contributed by atoms with Gasteiger partial charge in [-0.15, -0.1) is 11.3 Å². The molecule has 1 N–H and O–H groups in total. The average molecular weight is 235 g/mol. The van der Waals surface area contributed by atoms with Crippen LogP contribution in [0, 0.1) is 6.92 Å². The predicted molar refractivity (Wildman–Crippen MR) is 67.9 cm³/mol. The number of nitrogens with one attached hydrogen (secondary N) is 1. The van der Waals surface area contributed by atoms with Crippen LogP contribution in [0.25, 0.3) is 0 Å². The van der Waals surface area contributed by atoms with Crippen LogP contribution in [0.15, 0.2) is 23.7 Å². The van der Waals surface area contributed by atoms with Crippen LogP contribution in [-0.4, -0.2) is 16.6 Å². The first-order valence-electron chi connectivity index (χ1n) is 5.44. The third-order valence-electron chi connectivity index (χ3n) is 2.74. The molecule has 0 fully saturated rings. The summed E-state index contributed by atoms with van der Waals surface area (Å²) in [5, 5.41) is 6.52. The lowest BCUT2D eigenvalue weighted by Crippen LogP contribution is -2.17. The van der Waals surface area contributed by atoms with Gasteiger partial charge in [-0.3, -0.25) is 0 Å². The molecule has 2 aromatic heterocycles. The highest BCUT2D eigenvalue weighted by Gasteiger charge is 2.08. The second kappa shape index (κ2) is 4.80. The highest BCUT2D eigenvalue weighted by Crippen LogP contribution is 2.16. The number of aryl methyl sites for hydroxylation is 1. The summed E-state index contributed by atoms with van der Waals surface area (Å²) in [6.07, 6.45) is 2.11. The first-order chi connectivity index (χ1) is 7.70. The highest BCUT2D eigenvalue weighted by molar-refractivity contribution is 7.09. The van der Waals surface area contributed by atoms with Crippen molar-refractivity contribution in [2.45, 2.75) is 26.4 Å². The van der Waals surface area contributed by atoms with Crippen molar-refractivity contribution in [2.24, 2.45) is 0 Å². The SMILES string of the molecule is CNC(C)c1cccn1Cc1csc(C)n1. The van der Waals surface area contributed by atoms with Crippen molar-refractivity contribution in [3.8, 4) is 0 Å². The zero-order valence-corrected chi connectivity index (χ0v) is 10.7. The predicted octanol–water partition coefficient (Wildman–Crippen LogP) is 2.58. The summed E-state index contributed by atoms with van der Waals surface area (Å²) >= 11 is 1.71. The topological polar surface area (TPSA) is 29.9 Å². The van der Waals surface area contributed by atoms with E-state index in [0.29, 0.717) is 6.04 Å². The Bertz CT molecular complexity index is 458. The van der Waals surface area contributed by atoms with Crippen LogP contribution in [0.3, 0.4) is 0 Å². The molecule has 0 spiro atoms. The molecule has 2 aromatic rings. The van der Waals surface area contributed by atoms with E-state index in [-0.39, 0.29) is 0 Å². The summed E-state index contributed by atoms with van der Waals surface area (Å²) in [5.74, 6) is 0. The van der Waals surface area contributed by atoms with Crippen molar-refractivity contribution in [3.63, 3.8) is 0 Å². The molecular formula is C12H17N3S. The van der Waals surface area contributed by atoms with Gasteiger partial charge in [0.1, 0.15) is 0 Å². The summed E-state index contributed by atoms with van der Waals surface area (Å²) in [7, 11) is 1.98. The van der Waals surface area contributed by atoms with E-state index in [2.05, 4.69) is 45.5 Å². The second-order valence-corrected chi connectivity index (χ2v) is 4.99. The van der Waals surface area contributed by atoms with Crippen LogP contribution < -0.4 is 5.32 Å². The number of hydrogen-bond donors (Lipinski definition) is 1. The normalized spacial score (nSPS) is 12.9. The lowest BCUT2D eigenvalue weighted by Gasteiger charge is -2.13. The number of hydrogen-bond acceptors (Lipinski definition) is 3. The number of aromatic nitrogens is 2. The molecule has 1 atom stereocenters. The van der Waals surface area contributed by atoms with Crippen molar-refractivity contribution >= 4 is 11.3 Å². The molecule has 0 aliphatic rings. The van der Waals surface area contributed by atoms with Gasteiger partial charge in [-0.2, -0.15) is 0 Å². The monoisotopic (exact) mass is 235 g/mol. The van der Waals surface area contributed by atoms with Crippen molar-refractivity contribution in [2.75, 3.05) is 7.05 Å². The Morgan fingerprint density at radius 1 is 1.56 bits per heavy atom. The molecule has 2 heterocycles. The molecule has 3 nitrogen and oxygen atoms in total. The molecule has 0 saturated carbocycles. The van der Waals surface area contributed by atoms with Gasteiger partial charge in [0.2, 0.25) is 0 Å². The van der Waals surface area contributed by atoms with Crippen LogP contribution in [0.5, 0.6) is 0 Å². The maximum Gasteiger partial charge on any atom is 0.0898 e. The highest BCUT2D eigenvalue weighted by atomic mass is 32.1. The second-order valence-electron chi connectivity index (χ2n) is 3.93. The Balaban J connectivity index is 2.18. The lowest BCUT2D eigenvalue weighted by molar-refractivity contribution is 0.587. The zero-order valence-electron chi connectivity index (χ0n) is 9.90. The summed E-state index contributed by atoms with van der Waals surface area (Å²) in [6, 6.07) is 4.61. The summed E-state index contributed by atoms with van der Waals surface area (Å²) in [5.41, 5.74) is 2.44. The molecule has 0 aromatic carbocycles. The Kier molecular flexibility index (Phi) is 3.41. The van der Waals surface area contributed by atoms with Gasteiger partial charge < -0.3 is 9.88 Å². The maximum absolute atomic E-state index is 4.49. The first-order valence-corrected chi connectivity index (χ1v) is 6.32. The summed E-state index contributed by atoms with van der Waals surface area (Å²) in [4.78, 5) is 4.49. The molecule has 0 saturated heterocycles. The Hall–Kier alpha value is -1.13. The van der Waals surface area contributed by atoms with Gasteiger partial charge in [-0.05, 0) is 33.0 Å². The van der Waals surface area contributed by atoms with E-state index in [9.17, 15) is 0 Å². The van der Waals surface area contributed by atoms with Gasteiger partial charge in [-0.25, -0.2) is 4.98 Å². The van der Waals surface area contributed by atoms with Gasteiger partial charge in [0.25, 0.3) is 0 Å². The average Bonchev–Trinajstić information content (AvgIpc) is 2.87. The minimum atomic E-state index is 0.370. The summed E-state index contributed by atoms with van der Waals surface area (Å²) < 4.78 is 2.25. The summed E-state index contributed by atoms with van der Waals surface area (Å²) in [6.45, 7) is 5.07. The van der Waals surface area contributed by atoms with E-state index >= 15 is 0 Å². The molecule has 2 rings (SSSR count). The number of rotatable bonds is 4. The molecule has 86 valence electrons. The molecule has 16 heavy (non-hydrogen) atoms. The molecule has 0 aliphatic carbocycles. The molecule has 0 radical (unpaired) electrons. The van der Waals surface area contributed by atoms with Gasteiger partial charge in [-0.1, -0.05) is 0 Å². The van der Waals surface area contributed by atoms with E-state index in [1.54, 1.807) is 11.3 Å². The van der Waals surface area contributed by atoms with Crippen molar-refractivity contribution in [1.82, 2.24) is 14.9 Å². The largest absolute Gasteiger partial charge is 0.344 e. The van der Waals surface area contributed by atoms with E-state index in [4.69, 9.17) is 0 Å². The van der Waals surface area contributed by atoms with Gasteiger partial charge in [0, 0.05) is 23.3 Å². The number of thiazole rings is 1. The lowest BCUT2D eigenvalue weighted by atomic mass is 10.2. The van der Waals surface area contributed by atoms with E-state index in [1.165, 1.54) is 5.69 Å². The Morgan fingerprint density at radius 3 is 3.00 bits per heavy atom. The fraction of sp³-hybridized carbons (Fsp3) is 0.417. The standard InChI is InChI=1S/C12H17N3S/c1-9(13-3)12-5-4-6-15(12)7-11-8-16-10(2)14-11/h4-6,8-9,13H,7H2,1-3H3. The van der Waals surface area contributed by atoms with Crippen molar-refractivity contribution in [1.29, 1.82) is 0 Å². The Morgan fingerprint density at radius 2 is 2.38 bits per heavy atom. The minimum absolute atomic E-state index is 0.370. The number of nitrogens with zero attached hydrogens (tertiary/aromatic N) is 2. The van der Waals surface area contributed by atoms with Crippen LogP contribution in [0.4, 0.5) is 0 Å². The first kappa shape index (κ1) is 11.4. The molecule has 0 amide bonds. The van der Waals surface area contributed by atoms with Crippen LogP contribution in [0.2, 0.25) is 0 Å². The Labute approximate surface area is 100 Å². The fourth-order valence-electron chi connectivity index (χ4n) is 1.77. The van der Waals surface area contributed by atoms with E-state index < -0.39 is 0 Å². The van der Waals surface area contributed by atoms with Gasteiger partial charge in [0.15, 0.2) is 0 Å². The third kappa shape index (κ3) is 2.33. The van der Waals surface area contributed by atoms with Crippen LogP contribution >= 0.6 is 11.3 Å². The molecule has 4 heteroatoms. The third-order valence-corrected chi connectivity index (χ3v) is 3.56. The maximum atomic E-state index is 4.49. The van der Waals surface area contributed by atoms with E-state index in [1.807, 2.05) is 14.0 Å². The van der Waals surface area contributed by atoms with Crippen LogP contribution in [0.1, 0.15) is 29.4 Å². The minimum Gasteiger partial charge on any atom is -0.344 e. The fourth-order valence-corrected chi connectivity index (χ4v) is 2.37. The molecule has 0 bridgehead atoms. The quantitative estimate of drug-likeness (QED) is 0.882. The van der Waals surface area contributed by atoms with Crippen molar-refractivity contribution in [3.05, 3.63) is 40.1 Å². The van der Waals surface area contributed by atoms with Gasteiger partial charge in [0.05, 0.1) is 17.2 Å². The molecule has 0 aliphatic heterocycles. The van der Waals surface area contributed by atoms with Crippen molar-refractivity contribution < 1.29 is 0 Å².